The van der Waals surface area contributed by atoms with Gasteiger partial charge in [0, 0.05) is 11.3 Å². The maximum atomic E-state index is 12.3. The second-order valence-corrected chi connectivity index (χ2v) is 8.07. The van der Waals surface area contributed by atoms with Crippen molar-refractivity contribution >= 4 is 34.9 Å². The van der Waals surface area contributed by atoms with E-state index in [1.165, 1.54) is 5.56 Å². The highest BCUT2D eigenvalue weighted by molar-refractivity contribution is 7.98. The van der Waals surface area contributed by atoms with Crippen molar-refractivity contribution in [2.75, 3.05) is 0 Å². The van der Waals surface area contributed by atoms with Crippen molar-refractivity contribution in [2.45, 2.75) is 24.8 Å². The number of aromatic amines is 1. The molecular weight excluding hydrogens is 392 g/mol. The minimum atomic E-state index is -0.229. The van der Waals surface area contributed by atoms with E-state index in [4.69, 9.17) is 0 Å². The summed E-state index contributed by atoms with van der Waals surface area (Å²) in [5.74, 6) is 0.541. The van der Waals surface area contributed by atoms with E-state index in [1.54, 1.807) is 18.0 Å². The lowest BCUT2D eigenvalue weighted by Crippen LogP contribution is -2.17. The molecule has 0 unspecified atom stereocenters. The van der Waals surface area contributed by atoms with Crippen LogP contribution < -0.4 is 5.43 Å². The lowest BCUT2D eigenvalue weighted by atomic mass is 10.1. The number of fused-ring (bicyclic) bond motifs is 1. The van der Waals surface area contributed by atoms with Crippen molar-refractivity contribution in [1.82, 2.24) is 15.4 Å². The van der Waals surface area contributed by atoms with Gasteiger partial charge >= 0.3 is 0 Å². The summed E-state index contributed by atoms with van der Waals surface area (Å²) >= 11 is 1.64. The van der Waals surface area contributed by atoms with Gasteiger partial charge in [0.25, 0.3) is 5.91 Å². The number of nitrogens with one attached hydrogen (secondary N) is 2. The smallest absolute Gasteiger partial charge is 0.271 e. The van der Waals surface area contributed by atoms with Gasteiger partial charge in [0.15, 0.2) is 5.16 Å². The molecule has 0 aliphatic carbocycles. The number of benzene rings is 3. The van der Waals surface area contributed by atoms with Crippen molar-refractivity contribution in [1.29, 1.82) is 0 Å². The van der Waals surface area contributed by atoms with Gasteiger partial charge < -0.3 is 4.98 Å². The number of carbonyl (C=O) groups is 1. The second kappa shape index (κ2) is 8.97. The van der Waals surface area contributed by atoms with E-state index >= 15 is 0 Å². The molecule has 4 aromatic rings. The highest BCUT2D eigenvalue weighted by atomic mass is 32.2. The van der Waals surface area contributed by atoms with Crippen LogP contribution in [-0.4, -0.2) is 22.1 Å². The van der Waals surface area contributed by atoms with E-state index in [-0.39, 0.29) is 5.91 Å². The number of nitrogens with zero attached hydrogens (tertiary/aromatic N) is 2. The Morgan fingerprint density at radius 3 is 2.67 bits per heavy atom. The number of rotatable bonds is 6. The summed E-state index contributed by atoms with van der Waals surface area (Å²) in [5, 5.41) is 4.97. The first kappa shape index (κ1) is 19.9. The van der Waals surface area contributed by atoms with Gasteiger partial charge in [-0.25, -0.2) is 10.4 Å². The van der Waals surface area contributed by atoms with Crippen LogP contribution in [0, 0.1) is 13.8 Å². The summed E-state index contributed by atoms with van der Waals surface area (Å²) in [6.07, 6.45) is 1.67. The summed E-state index contributed by atoms with van der Waals surface area (Å²) in [6, 6.07) is 21.6. The fraction of sp³-hybridized carbons (Fsp3) is 0.125. The van der Waals surface area contributed by atoms with E-state index in [9.17, 15) is 4.79 Å². The molecule has 5 nitrogen and oxygen atoms in total. The van der Waals surface area contributed by atoms with Gasteiger partial charge in [-0.3, -0.25) is 4.79 Å². The van der Waals surface area contributed by atoms with Gasteiger partial charge in [-0.1, -0.05) is 59.8 Å². The number of amides is 1. The third kappa shape index (κ3) is 4.78. The molecule has 2 N–H and O–H groups in total. The zero-order valence-corrected chi connectivity index (χ0v) is 17.7. The predicted molar refractivity (Wildman–Crippen MR) is 123 cm³/mol. The van der Waals surface area contributed by atoms with Crippen molar-refractivity contribution in [3.8, 4) is 0 Å². The van der Waals surface area contributed by atoms with E-state index < -0.39 is 0 Å². The molecule has 1 amide bonds. The van der Waals surface area contributed by atoms with Crippen LogP contribution in [0.2, 0.25) is 0 Å². The number of imidazole rings is 1. The van der Waals surface area contributed by atoms with Crippen molar-refractivity contribution < 1.29 is 4.79 Å². The molecule has 1 aromatic heterocycles. The number of hydrogen-bond acceptors (Lipinski definition) is 4. The summed E-state index contributed by atoms with van der Waals surface area (Å²) in [6.45, 7) is 4.08. The summed E-state index contributed by atoms with van der Waals surface area (Å²) in [5.41, 5.74) is 9.60. The number of H-pyrrole nitrogens is 1. The molecule has 6 heteroatoms. The summed E-state index contributed by atoms with van der Waals surface area (Å²) in [4.78, 5) is 20.2. The third-order valence-electron chi connectivity index (χ3n) is 4.75. The van der Waals surface area contributed by atoms with Crippen LogP contribution >= 0.6 is 11.8 Å². The number of carbonyl (C=O) groups excluding carboxylic acids is 1. The highest BCUT2D eigenvalue weighted by Crippen LogP contribution is 2.23. The molecular formula is C24H22N4OS. The van der Waals surface area contributed by atoms with Gasteiger partial charge in [0.1, 0.15) is 0 Å². The molecule has 0 radical (unpaired) electrons. The van der Waals surface area contributed by atoms with Crippen LogP contribution in [0.25, 0.3) is 11.0 Å². The molecule has 0 bridgehead atoms. The van der Waals surface area contributed by atoms with Gasteiger partial charge in [-0.2, -0.15) is 5.10 Å². The molecule has 0 saturated heterocycles. The molecule has 4 rings (SSSR count). The SMILES string of the molecule is Cc1ccc(C=NNC(=O)c2ccc(CSc3nc4ccccc4[nH]3)cc2)c(C)c1. The maximum absolute atomic E-state index is 12.3. The zero-order chi connectivity index (χ0) is 20.9. The Morgan fingerprint density at radius 2 is 1.90 bits per heavy atom. The Balaban J connectivity index is 1.33. The predicted octanol–water partition coefficient (Wildman–Crippen LogP) is 5.24. The molecule has 0 atom stereocenters. The van der Waals surface area contributed by atoms with Gasteiger partial charge in [0.05, 0.1) is 17.2 Å². The minimum absolute atomic E-state index is 0.229. The van der Waals surface area contributed by atoms with Gasteiger partial charge in [0.2, 0.25) is 0 Å². The quantitative estimate of drug-likeness (QED) is 0.258. The molecule has 0 spiro atoms. The number of thioether (sulfide) groups is 1. The summed E-state index contributed by atoms with van der Waals surface area (Å²) in [7, 11) is 0. The molecule has 150 valence electrons. The molecule has 0 aliphatic heterocycles. The lowest BCUT2D eigenvalue weighted by molar-refractivity contribution is 0.0955. The molecule has 0 saturated carbocycles. The molecule has 3 aromatic carbocycles. The average Bonchev–Trinajstić information content (AvgIpc) is 3.17. The topological polar surface area (TPSA) is 70.1 Å². The standard InChI is InChI=1S/C24H22N4OS/c1-16-7-10-20(17(2)13-16)14-25-28-23(29)19-11-8-18(9-12-19)15-30-24-26-21-5-3-4-6-22(21)27-24/h3-14H,15H2,1-2H3,(H,26,27)(H,28,29). The Hall–Kier alpha value is -3.38. The van der Waals surface area contributed by atoms with Gasteiger partial charge in [-0.05, 0) is 54.8 Å². The van der Waals surface area contributed by atoms with Crippen molar-refractivity contribution in [2.24, 2.45) is 5.10 Å². The lowest BCUT2D eigenvalue weighted by Gasteiger charge is -2.04. The van der Waals surface area contributed by atoms with E-state index in [1.807, 2.05) is 67.6 Å². The van der Waals surface area contributed by atoms with Crippen LogP contribution in [0.5, 0.6) is 0 Å². The van der Waals surface area contributed by atoms with E-state index in [0.717, 1.165) is 38.6 Å². The Kier molecular flexibility index (Phi) is 5.95. The van der Waals surface area contributed by atoms with E-state index in [2.05, 4.69) is 33.5 Å². The van der Waals surface area contributed by atoms with Crippen molar-refractivity contribution in [3.05, 3.63) is 94.5 Å². The number of hydrazone groups is 1. The fourth-order valence-corrected chi connectivity index (χ4v) is 3.94. The van der Waals surface area contributed by atoms with Crippen LogP contribution in [0.3, 0.4) is 0 Å². The number of para-hydroxylation sites is 2. The average molecular weight is 415 g/mol. The summed E-state index contributed by atoms with van der Waals surface area (Å²) < 4.78 is 0. The number of hydrogen-bond donors (Lipinski definition) is 2. The second-order valence-electron chi connectivity index (χ2n) is 7.10. The van der Waals surface area contributed by atoms with Crippen LogP contribution in [-0.2, 0) is 5.75 Å². The zero-order valence-electron chi connectivity index (χ0n) is 16.8. The van der Waals surface area contributed by atoms with Crippen LogP contribution in [0.1, 0.15) is 32.6 Å². The molecule has 0 fully saturated rings. The Morgan fingerprint density at radius 1 is 1.10 bits per heavy atom. The largest absolute Gasteiger partial charge is 0.333 e. The first-order chi connectivity index (χ1) is 14.6. The Bertz CT molecular complexity index is 1180. The monoisotopic (exact) mass is 414 g/mol. The van der Waals surface area contributed by atoms with Crippen LogP contribution in [0.15, 0.2) is 77.0 Å². The first-order valence-electron chi connectivity index (χ1n) is 9.65. The Labute approximate surface area is 179 Å². The highest BCUT2D eigenvalue weighted by Gasteiger charge is 2.06. The molecule has 1 heterocycles. The molecule has 0 aliphatic rings. The third-order valence-corrected chi connectivity index (χ3v) is 5.70. The van der Waals surface area contributed by atoms with Gasteiger partial charge in [-0.15, -0.1) is 0 Å². The molecule has 30 heavy (non-hydrogen) atoms. The van der Waals surface area contributed by atoms with E-state index in [0.29, 0.717) is 5.56 Å². The normalized spacial score (nSPS) is 11.3. The first-order valence-corrected chi connectivity index (χ1v) is 10.6. The number of aromatic nitrogens is 2. The van der Waals surface area contributed by atoms with Crippen LogP contribution in [0.4, 0.5) is 0 Å². The maximum Gasteiger partial charge on any atom is 0.271 e. The van der Waals surface area contributed by atoms with Crippen molar-refractivity contribution in [3.63, 3.8) is 0 Å². The fourth-order valence-electron chi connectivity index (χ4n) is 3.10. The number of aryl methyl sites for hydroxylation is 2. The minimum Gasteiger partial charge on any atom is -0.333 e.